The Hall–Kier alpha value is -1.75. The quantitative estimate of drug-likeness (QED) is 0.762. The van der Waals surface area contributed by atoms with E-state index in [2.05, 4.69) is 15.2 Å². The number of nitrogens with one attached hydrogen (secondary N) is 1. The van der Waals surface area contributed by atoms with E-state index in [0.29, 0.717) is 17.3 Å². The first-order valence-electron chi connectivity index (χ1n) is 5.20. The van der Waals surface area contributed by atoms with Crippen molar-refractivity contribution in [1.82, 2.24) is 9.88 Å². The fourth-order valence-electron chi connectivity index (χ4n) is 1.43. The highest BCUT2D eigenvalue weighted by Gasteiger charge is 2.06. The van der Waals surface area contributed by atoms with Crippen LogP contribution in [0.15, 0.2) is 22.6 Å². The SMILES string of the molecule is CN(C)CCNc1nc2c(N)cccc2o1. The van der Waals surface area contributed by atoms with Gasteiger partial charge in [-0.1, -0.05) is 6.07 Å². The number of fused-ring (bicyclic) bond motifs is 1. The molecule has 0 spiro atoms. The summed E-state index contributed by atoms with van der Waals surface area (Å²) in [5, 5.41) is 3.12. The molecule has 0 unspecified atom stereocenters. The van der Waals surface area contributed by atoms with Gasteiger partial charge in [-0.25, -0.2) is 0 Å². The van der Waals surface area contributed by atoms with Crippen molar-refractivity contribution in [3.05, 3.63) is 18.2 Å². The predicted molar refractivity (Wildman–Crippen MR) is 65.5 cm³/mol. The summed E-state index contributed by atoms with van der Waals surface area (Å²) in [6, 6.07) is 6.05. The number of benzene rings is 1. The summed E-state index contributed by atoms with van der Waals surface area (Å²) in [7, 11) is 4.04. The fourth-order valence-corrected chi connectivity index (χ4v) is 1.43. The molecule has 0 saturated carbocycles. The van der Waals surface area contributed by atoms with Gasteiger partial charge in [0.2, 0.25) is 0 Å². The second kappa shape index (κ2) is 4.40. The number of nitrogens with two attached hydrogens (primary N) is 1. The van der Waals surface area contributed by atoms with Gasteiger partial charge >= 0.3 is 0 Å². The highest BCUT2D eigenvalue weighted by Crippen LogP contribution is 2.23. The fraction of sp³-hybridized carbons (Fsp3) is 0.364. The summed E-state index contributed by atoms with van der Waals surface area (Å²) in [5.41, 5.74) is 7.86. The van der Waals surface area contributed by atoms with Crippen LogP contribution in [0.3, 0.4) is 0 Å². The molecule has 16 heavy (non-hydrogen) atoms. The molecule has 0 aliphatic heterocycles. The highest BCUT2D eigenvalue weighted by molar-refractivity contribution is 5.86. The number of hydrogen-bond acceptors (Lipinski definition) is 5. The molecule has 0 aliphatic carbocycles. The van der Waals surface area contributed by atoms with Gasteiger partial charge in [0.15, 0.2) is 5.58 Å². The van der Waals surface area contributed by atoms with Crippen molar-refractivity contribution in [1.29, 1.82) is 0 Å². The maximum atomic E-state index is 5.79. The van der Waals surface area contributed by atoms with Crippen LogP contribution in [0, 0.1) is 0 Å². The van der Waals surface area contributed by atoms with Gasteiger partial charge in [-0.15, -0.1) is 0 Å². The zero-order valence-corrected chi connectivity index (χ0v) is 9.53. The summed E-state index contributed by atoms with van der Waals surface area (Å²) in [4.78, 5) is 6.38. The summed E-state index contributed by atoms with van der Waals surface area (Å²) in [5.74, 6) is 0. The van der Waals surface area contributed by atoms with Crippen molar-refractivity contribution in [3.63, 3.8) is 0 Å². The lowest BCUT2D eigenvalue weighted by molar-refractivity contribution is 0.423. The Balaban J connectivity index is 2.11. The lowest BCUT2D eigenvalue weighted by atomic mass is 10.3. The standard InChI is InChI=1S/C11H16N4O/c1-15(2)7-6-13-11-14-10-8(12)4-3-5-9(10)16-11/h3-5H,6-7,12H2,1-2H3,(H,13,14). The molecule has 3 N–H and O–H groups in total. The van der Waals surface area contributed by atoms with Gasteiger partial charge in [0, 0.05) is 13.1 Å². The minimum atomic E-state index is 0.523. The molecule has 1 aromatic carbocycles. The first kappa shape index (κ1) is 10.8. The number of nitrogens with zero attached hydrogens (tertiary/aromatic N) is 2. The van der Waals surface area contributed by atoms with E-state index in [4.69, 9.17) is 10.2 Å². The first-order valence-corrected chi connectivity index (χ1v) is 5.20. The van der Waals surface area contributed by atoms with Crippen LogP contribution in [-0.4, -0.2) is 37.1 Å². The topological polar surface area (TPSA) is 67.3 Å². The Morgan fingerprint density at radius 1 is 1.44 bits per heavy atom. The third-order valence-electron chi connectivity index (χ3n) is 2.29. The third kappa shape index (κ3) is 2.25. The van der Waals surface area contributed by atoms with Crippen molar-refractivity contribution in [2.45, 2.75) is 0 Å². The van der Waals surface area contributed by atoms with Crippen LogP contribution in [0.25, 0.3) is 11.1 Å². The van der Waals surface area contributed by atoms with E-state index in [1.807, 2.05) is 32.3 Å². The highest BCUT2D eigenvalue weighted by atomic mass is 16.4. The van der Waals surface area contributed by atoms with E-state index >= 15 is 0 Å². The third-order valence-corrected chi connectivity index (χ3v) is 2.29. The van der Waals surface area contributed by atoms with Crippen LogP contribution in [0.5, 0.6) is 0 Å². The molecule has 1 heterocycles. The number of nitrogen functional groups attached to an aromatic ring is 1. The molecule has 2 rings (SSSR count). The molecule has 5 heteroatoms. The first-order chi connectivity index (χ1) is 7.66. The number of rotatable bonds is 4. The number of likely N-dealkylation sites (N-methyl/N-ethyl adjacent to an activating group) is 1. The molecular weight excluding hydrogens is 204 g/mol. The maximum Gasteiger partial charge on any atom is 0.295 e. The smallest absolute Gasteiger partial charge is 0.295 e. The number of aromatic nitrogens is 1. The van der Waals surface area contributed by atoms with Crippen molar-refractivity contribution < 1.29 is 4.42 Å². The number of anilines is 2. The molecule has 0 bridgehead atoms. The van der Waals surface area contributed by atoms with E-state index in [0.717, 1.165) is 18.6 Å². The van der Waals surface area contributed by atoms with Crippen LogP contribution >= 0.6 is 0 Å². The molecule has 0 amide bonds. The molecule has 2 aromatic rings. The lowest BCUT2D eigenvalue weighted by Crippen LogP contribution is -2.20. The van der Waals surface area contributed by atoms with Crippen LogP contribution in [-0.2, 0) is 0 Å². The molecule has 0 fully saturated rings. The maximum absolute atomic E-state index is 5.79. The Morgan fingerprint density at radius 2 is 2.25 bits per heavy atom. The van der Waals surface area contributed by atoms with Gasteiger partial charge in [-0.2, -0.15) is 4.98 Å². The van der Waals surface area contributed by atoms with E-state index in [1.165, 1.54) is 0 Å². The van der Waals surface area contributed by atoms with Gasteiger partial charge in [0.05, 0.1) is 5.69 Å². The van der Waals surface area contributed by atoms with Crippen molar-refractivity contribution in [3.8, 4) is 0 Å². The number of oxazole rings is 1. The van der Waals surface area contributed by atoms with E-state index in [1.54, 1.807) is 0 Å². The second-order valence-electron chi connectivity index (χ2n) is 3.94. The summed E-state index contributed by atoms with van der Waals surface area (Å²) in [6.07, 6.45) is 0. The van der Waals surface area contributed by atoms with Crippen LogP contribution < -0.4 is 11.1 Å². The molecule has 0 saturated heterocycles. The minimum Gasteiger partial charge on any atom is -0.423 e. The van der Waals surface area contributed by atoms with Crippen molar-refractivity contribution in [2.24, 2.45) is 0 Å². The Morgan fingerprint density at radius 3 is 2.94 bits per heavy atom. The summed E-state index contributed by atoms with van der Waals surface area (Å²) < 4.78 is 5.51. The average molecular weight is 220 g/mol. The predicted octanol–water partition coefficient (Wildman–Crippen LogP) is 1.38. The lowest BCUT2D eigenvalue weighted by Gasteiger charge is -2.08. The van der Waals surface area contributed by atoms with Gasteiger partial charge in [-0.05, 0) is 26.2 Å². The van der Waals surface area contributed by atoms with E-state index in [9.17, 15) is 0 Å². The summed E-state index contributed by atoms with van der Waals surface area (Å²) in [6.45, 7) is 1.72. The van der Waals surface area contributed by atoms with Gasteiger partial charge in [-0.3, -0.25) is 0 Å². The molecule has 86 valence electrons. The molecule has 0 aliphatic rings. The Kier molecular flexibility index (Phi) is 2.96. The number of para-hydroxylation sites is 1. The number of hydrogen-bond donors (Lipinski definition) is 2. The summed E-state index contributed by atoms with van der Waals surface area (Å²) >= 11 is 0. The molecule has 1 aromatic heterocycles. The molecule has 5 nitrogen and oxygen atoms in total. The monoisotopic (exact) mass is 220 g/mol. The minimum absolute atomic E-state index is 0.523. The van der Waals surface area contributed by atoms with Gasteiger partial charge in [0.1, 0.15) is 5.52 Å². The molecule has 0 radical (unpaired) electrons. The van der Waals surface area contributed by atoms with Gasteiger partial charge in [0.25, 0.3) is 6.01 Å². The van der Waals surface area contributed by atoms with E-state index < -0.39 is 0 Å². The van der Waals surface area contributed by atoms with Crippen LogP contribution in [0.2, 0.25) is 0 Å². The van der Waals surface area contributed by atoms with E-state index in [-0.39, 0.29) is 0 Å². The molecule has 0 atom stereocenters. The molecular formula is C11H16N4O. The normalized spacial score (nSPS) is 11.2. The Labute approximate surface area is 94.2 Å². The van der Waals surface area contributed by atoms with Gasteiger partial charge < -0.3 is 20.4 Å². The second-order valence-corrected chi connectivity index (χ2v) is 3.94. The average Bonchev–Trinajstić information content (AvgIpc) is 2.61. The van der Waals surface area contributed by atoms with Crippen LogP contribution in [0.1, 0.15) is 0 Å². The Bertz CT molecular complexity index is 478. The largest absolute Gasteiger partial charge is 0.423 e. The zero-order valence-electron chi connectivity index (χ0n) is 9.53. The van der Waals surface area contributed by atoms with Crippen molar-refractivity contribution >= 4 is 22.8 Å². The zero-order chi connectivity index (χ0) is 11.5. The van der Waals surface area contributed by atoms with Crippen molar-refractivity contribution in [2.75, 3.05) is 38.2 Å². The van der Waals surface area contributed by atoms with Crippen LogP contribution in [0.4, 0.5) is 11.7 Å².